The van der Waals surface area contributed by atoms with Crippen LogP contribution in [-0.2, 0) is 11.2 Å². The van der Waals surface area contributed by atoms with Crippen LogP contribution >= 0.6 is 0 Å². The fraction of sp³-hybridized carbons (Fsp3) is 0.750. The van der Waals surface area contributed by atoms with Gasteiger partial charge in [-0.15, -0.1) is 0 Å². The third-order valence-electron chi connectivity index (χ3n) is 4.79. The monoisotopic (exact) mass is 309 g/mol. The smallest absolute Gasteiger partial charge is 0.274 e. The van der Waals surface area contributed by atoms with Crippen LogP contribution in [0.2, 0.25) is 0 Å². The number of ether oxygens (including phenoxy) is 1. The van der Waals surface area contributed by atoms with E-state index in [1.54, 1.807) is 7.11 Å². The van der Waals surface area contributed by atoms with Crippen LogP contribution in [-0.4, -0.2) is 59.5 Å². The molecule has 0 unspecified atom stereocenters. The summed E-state index contributed by atoms with van der Waals surface area (Å²) in [7, 11) is 1.66. The molecule has 1 atom stereocenters. The first-order valence-electron chi connectivity index (χ1n) is 8.00. The van der Waals surface area contributed by atoms with E-state index in [1.807, 2.05) is 18.7 Å². The Hall–Kier alpha value is -1.40. The number of aryl methyl sites for hydroxylation is 1. The second-order valence-corrected chi connectivity index (χ2v) is 6.26. The molecule has 0 spiro atoms. The Morgan fingerprint density at radius 3 is 2.91 bits per heavy atom. The third kappa shape index (κ3) is 3.33. The molecule has 22 heavy (non-hydrogen) atoms. The summed E-state index contributed by atoms with van der Waals surface area (Å²) in [6.07, 6.45) is 3.43. The Labute approximate surface area is 131 Å². The van der Waals surface area contributed by atoms with Gasteiger partial charge in [-0.3, -0.25) is 9.89 Å². The molecule has 2 rings (SSSR count). The number of aromatic amines is 1. The topological polar surface area (TPSA) is 78.5 Å². The first-order chi connectivity index (χ1) is 10.6. The highest BCUT2D eigenvalue weighted by Gasteiger charge is 2.37. The standard InChI is InChI=1S/C16H27N3O3/c1-4-13-12(2)14(18-17-13)15(21)19-8-5-6-16(10-19,11-20)7-9-22-3/h20H,4-11H2,1-3H3,(H,17,18)/t16-/m0/s1. The van der Waals surface area contributed by atoms with Gasteiger partial charge < -0.3 is 14.7 Å². The summed E-state index contributed by atoms with van der Waals surface area (Å²) < 4.78 is 5.16. The van der Waals surface area contributed by atoms with E-state index in [2.05, 4.69) is 10.2 Å². The maximum atomic E-state index is 12.8. The van der Waals surface area contributed by atoms with Crippen LogP contribution in [0.25, 0.3) is 0 Å². The molecule has 1 fully saturated rings. The number of aliphatic hydroxyl groups excluding tert-OH is 1. The first kappa shape index (κ1) is 17.0. The van der Waals surface area contributed by atoms with Gasteiger partial charge >= 0.3 is 0 Å². The number of hydrogen-bond acceptors (Lipinski definition) is 4. The van der Waals surface area contributed by atoms with Gasteiger partial charge in [-0.1, -0.05) is 6.92 Å². The molecule has 2 N–H and O–H groups in total. The van der Waals surface area contributed by atoms with Gasteiger partial charge in [-0.2, -0.15) is 5.10 Å². The number of hydrogen-bond donors (Lipinski definition) is 2. The third-order valence-corrected chi connectivity index (χ3v) is 4.79. The van der Waals surface area contributed by atoms with E-state index < -0.39 is 0 Å². The van der Waals surface area contributed by atoms with Crippen LogP contribution in [0.4, 0.5) is 0 Å². The zero-order valence-electron chi connectivity index (χ0n) is 13.8. The van der Waals surface area contributed by atoms with E-state index in [-0.39, 0.29) is 17.9 Å². The maximum Gasteiger partial charge on any atom is 0.274 e. The van der Waals surface area contributed by atoms with Crippen molar-refractivity contribution in [1.82, 2.24) is 15.1 Å². The van der Waals surface area contributed by atoms with E-state index >= 15 is 0 Å². The molecular weight excluding hydrogens is 282 g/mol. The van der Waals surface area contributed by atoms with Gasteiger partial charge in [-0.05, 0) is 32.6 Å². The number of carbonyl (C=O) groups is 1. The normalized spacial score (nSPS) is 22.1. The molecule has 1 saturated heterocycles. The Kier molecular flexibility index (Phi) is 5.58. The quantitative estimate of drug-likeness (QED) is 0.835. The molecule has 0 aliphatic carbocycles. The summed E-state index contributed by atoms with van der Waals surface area (Å²) in [5.74, 6) is -0.0385. The Morgan fingerprint density at radius 2 is 2.32 bits per heavy atom. The molecule has 1 aliphatic heterocycles. The molecule has 1 amide bonds. The second-order valence-electron chi connectivity index (χ2n) is 6.26. The van der Waals surface area contributed by atoms with Crippen molar-refractivity contribution in [2.45, 2.75) is 39.5 Å². The lowest BCUT2D eigenvalue weighted by Gasteiger charge is -2.41. The molecule has 1 aliphatic rings. The Bertz CT molecular complexity index is 515. The molecule has 0 radical (unpaired) electrons. The van der Waals surface area contributed by atoms with Crippen molar-refractivity contribution in [3.05, 3.63) is 17.0 Å². The van der Waals surface area contributed by atoms with E-state index in [1.165, 1.54) is 0 Å². The number of H-pyrrole nitrogens is 1. The molecule has 0 aromatic carbocycles. The van der Waals surface area contributed by atoms with E-state index in [4.69, 9.17) is 4.74 Å². The highest BCUT2D eigenvalue weighted by Crippen LogP contribution is 2.33. The zero-order valence-corrected chi connectivity index (χ0v) is 13.8. The molecule has 0 saturated carbocycles. The second kappa shape index (κ2) is 7.24. The van der Waals surface area contributed by atoms with Crippen molar-refractivity contribution in [1.29, 1.82) is 0 Å². The summed E-state index contributed by atoms with van der Waals surface area (Å²) in [5.41, 5.74) is 2.21. The van der Waals surface area contributed by atoms with Gasteiger partial charge in [0.1, 0.15) is 0 Å². The predicted molar refractivity (Wildman–Crippen MR) is 83.9 cm³/mol. The van der Waals surface area contributed by atoms with E-state index in [0.717, 1.165) is 43.5 Å². The molecule has 124 valence electrons. The lowest BCUT2D eigenvalue weighted by molar-refractivity contribution is 0.00870. The number of aliphatic hydroxyl groups is 1. The molecule has 6 nitrogen and oxygen atoms in total. The number of carbonyl (C=O) groups excluding carboxylic acids is 1. The SMILES string of the molecule is CCc1[nH]nc(C(=O)N2CCC[C@](CO)(CCOC)C2)c1C. The molecule has 1 aromatic heterocycles. The van der Waals surface area contributed by atoms with Gasteiger partial charge in [0, 0.05) is 43.5 Å². The number of nitrogens with zero attached hydrogens (tertiary/aromatic N) is 2. The van der Waals surface area contributed by atoms with Gasteiger partial charge in [0.15, 0.2) is 5.69 Å². The summed E-state index contributed by atoms with van der Waals surface area (Å²) in [6.45, 7) is 5.95. The van der Waals surface area contributed by atoms with Crippen molar-refractivity contribution >= 4 is 5.91 Å². The first-order valence-corrected chi connectivity index (χ1v) is 8.00. The number of likely N-dealkylation sites (tertiary alicyclic amines) is 1. The highest BCUT2D eigenvalue weighted by atomic mass is 16.5. The summed E-state index contributed by atoms with van der Waals surface area (Å²) >= 11 is 0. The number of rotatable bonds is 6. The van der Waals surface area contributed by atoms with Crippen LogP contribution < -0.4 is 0 Å². The highest BCUT2D eigenvalue weighted by molar-refractivity contribution is 5.94. The molecular formula is C16H27N3O3. The minimum absolute atomic E-state index is 0.0385. The number of aromatic nitrogens is 2. The summed E-state index contributed by atoms with van der Waals surface area (Å²) in [4.78, 5) is 14.6. The lowest BCUT2D eigenvalue weighted by Crippen LogP contribution is -2.48. The Balaban J connectivity index is 2.13. The number of nitrogens with one attached hydrogen (secondary N) is 1. The van der Waals surface area contributed by atoms with Crippen LogP contribution in [0.3, 0.4) is 0 Å². The van der Waals surface area contributed by atoms with Gasteiger partial charge in [0.05, 0.1) is 6.61 Å². The minimum Gasteiger partial charge on any atom is -0.396 e. The van der Waals surface area contributed by atoms with Crippen LogP contribution in [0.15, 0.2) is 0 Å². The van der Waals surface area contributed by atoms with E-state index in [0.29, 0.717) is 18.8 Å². The van der Waals surface area contributed by atoms with Crippen molar-refractivity contribution in [2.75, 3.05) is 33.4 Å². The fourth-order valence-corrected chi connectivity index (χ4v) is 3.25. The number of methoxy groups -OCH3 is 1. The lowest BCUT2D eigenvalue weighted by atomic mass is 9.78. The maximum absolute atomic E-state index is 12.8. The zero-order chi connectivity index (χ0) is 16.2. The Morgan fingerprint density at radius 1 is 1.55 bits per heavy atom. The average molecular weight is 309 g/mol. The number of amides is 1. The number of piperidine rings is 1. The summed E-state index contributed by atoms with van der Waals surface area (Å²) in [5, 5.41) is 17.0. The van der Waals surface area contributed by atoms with Crippen LogP contribution in [0, 0.1) is 12.3 Å². The van der Waals surface area contributed by atoms with Crippen LogP contribution in [0.5, 0.6) is 0 Å². The summed E-state index contributed by atoms with van der Waals surface area (Å²) in [6, 6.07) is 0. The van der Waals surface area contributed by atoms with Crippen molar-refractivity contribution in [2.24, 2.45) is 5.41 Å². The minimum atomic E-state index is -0.248. The molecule has 0 bridgehead atoms. The van der Waals surface area contributed by atoms with Gasteiger partial charge in [0.25, 0.3) is 5.91 Å². The average Bonchev–Trinajstić information content (AvgIpc) is 2.93. The van der Waals surface area contributed by atoms with Crippen LogP contribution in [0.1, 0.15) is 47.9 Å². The van der Waals surface area contributed by atoms with Crippen molar-refractivity contribution in [3.63, 3.8) is 0 Å². The molecule has 6 heteroatoms. The largest absolute Gasteiger partial charge is 0.396 e. The fourth-order valence-electron chi connectivity index (χ4n) is 3.25. The van der Waals surface area contributed by atoms with Gasteiger partial charge in [-0.25, -0.2) is 0 Å². The molecule has 2 heterocycles. The van der Waals surface area contributed by atoms with E-state index in [9.17, 15) is 9.90 Å². The molecule has 1 aromatic rings. The predicted octanol–water partition coefficient (Wildman–Crippen LogP) is 1.53. The van der Waals surface area contributed by atoms with Crippen molar-refractivity contribution < 1.29 is 14.6 Å². The van der Waals surface area contributed by atoms with Crippen molar-refractivity contribution in [3.8, 4) is 0 Å². The van der Waals surface area contributed by atoms with Gasteiger partial charge in [0.2, 0.25) is 0 Å².